The Morgan fingerprint density at radius 3 is 3.10 bits per heavy atom. The maximum Gasteiger partial charge on any atom is 0.261 e. The molecule has 1 fully saturated rings. The fourth-order valence-corrected chi connectivity index (χ4v) is 2.50. The second kappa shape index (κ2) is 6.24. The highest BCUT2D eigenvalue weighted by Crippen LogP contribution is 2.29. The number of benzene rings is 1. The van der Waals surface area contributed by atoms with E-state index in [4.69, 9.17) is 9.26 Å². The molecule has 1 unspecified atom stereocenters. The van der Waals surface area contributed by atoms with Gasteiger partial charge in [-0.2, -0.15) is 4.98 Å². The summed E-state index contributed by atoms with van der Waals surface area (Å²) in [7, 11) is 2.08. The number of nitrogens with zero attached hydrogens (tertiary/aromatic N) is 3. The van der Waals surface area contributed by atoms with E-state index >= 15 is 0 Å². The first-order chi connectivity index (χ1) is 10.3. The molecule has 1 saturated heterocycles. The fraction of sp³-hybridized carbons (Fsp3) is 0.467. The minimum atomic E-state index is 0.149. The van der Waals surface area contributed by atoms with Crippen molar-refractivity contribution in [2.75, 3.05) is 33.3 Å². The highest BCUT2D eigenvalue weighted by Gasteiger charge is 2.26. The highest BCUT2D eigenvalue weighted by atomic mass is 16.5. The van der Waals surface area contributed by atoms with Crippen LogP contribution in [0.2, 0.25) is 0 Å². The third-order valence-electron chi connectivity index (χ3n) is 3.67. The number of rotatable bonds is 4. The van der Waals surface area contributed by atoms with Gasteiger partial charge in [0.25, 0.3) is 5.89 Å². The SMILES string of the molecule is CCOc1ccccc1-c1nc(C2CNCCN2C)no1. The van der Waals surface area contributed by atoms with Crippen molar-refractivity contribution >= 4 is 0 Å². The van der Waals surface area contributed by atoms with Crippen LogP contribution in [0.4, 0.5) is 0 Å². The maximum absolute atomic E-state index is 5.62. The third-order valence-corrected chi connectivity index (χ3v) is 3.67. The van der Waals surface area contributed by atoms with Crippen LogP contribution in [0, 0.1) is 0 Å². The molecule has 21 heavy (non-hydrogen) atoms. The van der Waals surface area contributed by atoms with Crippen molar-refractivity contribution in [1.29, 1.82) is 0 Å². The summed E-state index contributed by atoms with van der Waals surface area (Å²) in [5.41, 5.74) is 0.838. The number of nitrogens with one attached hydrogen (secondary N) is 1. The minimum absolute atomic E-state index is 0.149. The van der Waals surface area contributed by atoms with Crippen LogP contribution in [0.15, 0.2) is 28.8 Å². The molecule has 0 saturated carbocycles. The van der Waals surface area contributed by atoms with Crippen LogP contribution >= 0.6 is 0 Å². The summed E-state index contributed by atoms with van der Waals surface area (Å²) < 4.78 is 11.1. The molecule has 6 nitrogen and oxygen atoms in total. The first-order valence-electron chi connectivity index (χ1n) is 7.26. The van der Waals surface area contributed by atoms with Gasteiger partial charge in [-0.05, 0) is 26.1 Å². The van der Waals surface area contributed by atoms with E-state index in [-0.39, 0.29) is 6.04 Å². The van der Waals surface area contributed by atoms with Gasteiger partial charge in [0.1, 0.15) is 5.75 Å². The number of hydrogen-bond acceptors (Lipinski definition) is 6. The standard InChI is InChI=1S/C15H20N4O2/c1-3-20-13-7-5-4-6-11(13)15-17-14(18-21-15)12-10-16-8-9-19(12)2/h4-7,12,16H,3,8-10H2,1-2H3. The molecule has 0 aliphatic carbocycles. The number of likely N-dealkylation sites (N-methyl/N-ethyl adjacent to an activating group) is 1. The van der Waals surface area contributed by atoms with Gasteiger partial charge in [-0.25, -0.2) is 0 Å². The Kier molecular flexibility index (Phi) is 4.17. The summed E-state index contributed by atoms with van der Waals surface area (Å²) in [5.74, 6) is 1.99. The molecule has 1 aliphatic rings. The van der Waals surface area contributed by atoms with Crippen molar-refractivity contribution in [1.82, 2.24) is 20.4 Å². The number of aromatic nitrogens is 2. The summed E-state index contributed by atoms with van der Waals surface area (Å²) in [6.07, 6.45) is 0. The van der Waals surface area contributed by atoms with Crippen LogP contribution in [-0.4, -0.2) is 48.3 Å². The van der Waals surface area contributed by atoms with Crippen molar-refractivity contribution in [2.24, 2.45) is 0 Å². The van der Waals surface area contributed by atoms with Crippen molar-refractivity contribution in [2.45, 2.75) is 13.0 Å². The molecule has 112 valence electrons. The van der Waals surface area contributed by atoms with E-state index in [0.29, 0.717) is 18.3 Å². The molecule has 0 spiro atoms. The van der Waals surface area contributed by atoms with Crippen LogP contribution in [0.5, 0.6) is 5.75 Å². The van der Waals surface area contributed by atoms with Crippen LogP contribution in [0.25, 0.3) is 11.5 Å². The summed E-state index contributed by atoms with van der Waals surface area (Å²) in [5, 5.41) is 7.50. The lowest BCUT2D eigenvalue weighted by molar-refractivity contribution is 0.190. The average molecular weight is 288 g/mol. The van der Waals surface area contributed by atoms with Gasteiger partial charge in [0.2, 0.25) is 0 Å². The molecule has 1 aromatic heterocycles. The molecular weight excluding hydrogens is 268 g/mol. The average Bonchev–Trinajstić information content (AvgIpc) is 2.98. The number of ether oxygens (including phenoxy) is 1. The Morgan fingerprint density at radius 1 is 1.43 bits per heavy atom. The van der Waals surface area contributed by atoms with Gasteiger partial charge in [-0.15, -0.1) is 0 Å². The van der Waals surface area contributed by atoms with Gasteiger partial charge in [0.05, 0.1) is 18.2 Å². The van der Waals surface area contributed by atoms with Crippen LogP contribution < -0.4 is 10.1 Å². The van der Waals surface area contributed by atoms with E-state index in [1.807, 2.05) is 31.2 Å². The van der Waals surface area contributed by atoms with E-state index in [9.17, 15) is 0 Å². The first-order valence-corrected chi connectivity index (χ1v) is 7.26. The lowest BCUT2D eigenvalue weighted by atomic mass is 10.2. The molecule has 0 radical (unpaired) electrons. The molecule has 2 aromatic rings. The fourth-order valence-electron chi connectivity index (χ4n) is 2.50. The van der Waals surface area contributed by atoms with Crippen molar-refractivity contribution in [3.05, 3.63) is 30.1 Å². The van der Waals surface area contributed by atoms with Gasteiger partial charge in [-0.3, -0.25) is 4.90 Å². The topological polar surface area (TPSA) is 63.4 Å². The highest BCUT2D eigenvalue weighted by molar-refractivity contribution is 5.62. The van der Waals surface area contributed by atoms with E-state index < -0.39 is 0 Å². The Labute approximate surface area is 124 Å². The summed E-state index contributed by atoms with van der Waals surface area (Å²) in [4.78, 5) is 6.79. The minimum Gasteiger partial charge on any atom is -0.493 e. The largest absolute Gasteiger partial charge is 0.493 e. The normalized spacial score (nSPS) is 19.6. The van der Waals surface area contributed by atoms with E-state index in [0.717, 1.165) is 30.9 Å². The quantitative estimate of drug-likeness (QED) is 0.924. The number of piperazine rings is 1. The van der Waals surface area contributed by atoms with Gasteiger partial charge >= 0.3 is 0 Å². The molecule has 0 amide bonds. The lowest BCUT2D eigenvalue weighted by Crippen LogP contribution is -2.44. The zero-order valence-corrected chi connectivity index (χ0v) is 12.4. The van der Waals surface area contributed by atoms with Gasteiger partial charge in [0, 0.05) is 19.6 Å². The lowest BCUT2D eigenvalue weighted by Gasteiger charge is -2.30. The molecule has 1 N–H and O–H groups in total. The predicted octanol–water partition coefficient (Wildman–Crippen LogP) is 1.71. The monoisotopic (exact) mass is 288 g/mol. The third kappa shape index (κ3) is 2.91. The molecule has 3 rings (SSSR count). The van der Waals surface area contributed by atoms with Crippen molar-refractivity contribution in [3.8, 4) is 17.2 Å². The zero-order valence-electron chi connectivity index (χ0n) is 12.4. The van der Waals surface area contributed by atoms with Crippen molar-refractivity contribution in [3.63, 3.8) is 0 Å². The number of para-hydroxylation sites is 1. The summed E-state index contributed by atoms with van der Waals surface area (Å²) >= 11 is 0. The summed E-state index contributed by atoms with van der Waals surface area (Å²) in [6.45, 7) is 5.36. The van der Waals surface area contributed by atoms with Crippen molar-refractivity contribution < 1.29 is 9.26 Å². The molecule has 6 heteroatoms. The van der Waals surface area contributed by atoms with Crippen LogP contribution in [-0.2, 0) is 0 Å². The molecular formula is C15H20N4O2. The van der Waals surface area contributed by atoms with Gasteiger partial charge in [-0.1, -0.05) is 17.3 Å². The Balaban J connectivity index is 1.88. The smallest absolute Gasteiger partial charge is 0.261 e. The molecule has 1 atom stereocenters. The number of hydrogen-bond donors (Lipinski definition) is 1. The molecule has 2 heterocycles. The Bertz CT molecular complexity index is 599. The first kappa shape index (κ1) is 14.0. The Hall–Kier alpha value is -1.92. The van der Waals surface area contributed by atoms with Crippen LogP contribution in [0.3, 0.4) is 0 Å². The summed E-state index contributed by atoms with van der Waals surface area (Å²) in [6, 6.07) is 7.87. The predicted molar refractivity (Wildman–Crippen MR) is 79.1 cm³/mol. The van der Waals surface area contributed by atoms with Crippen LogP contribution in [0.1, 0.15) is 18.8 Å². The van der Waals surface area contributed by atoms with E-state index in [1.54, 1.807) is 0 Å². The molecule has 0 bridgehead atoms. The van der Waals surface area contributed by atoms with E-state index in [2.05, 4.69) is 27.4 Å². The molecule has 1 aromatic carbocycles. The Morgan fingerprint density at radius 2 is 2.29 bits per heavy atom. The zero-order chi connectivity index (χ0) is 14.7. The van der Waals surface area contributed by atoms with Gasteiger partial charge < -0.3 is 14.6 Å². The second-order valence-corrected chi connectivity index (χ2v) is 5.09. The maximum atomic E-state index is 5.62. The molecule has 1 aliphatic heterocycles. The van der Waals surface area contributed by atoms with E-state index in [1.165, 1.54) is 0 Å². The second-order valence-electron chi connectivity index (χ2n) is 5.09. The van der Waals surface area contributed by atoms with Gasteiger partial charge in [0.15, 0.2) is 5.82 Å².